The first kappa shape index (κ1) is 17.4. The van der Waals surface area contributed by atoms with E-state index in [9.17, 15) is 4.79 Å². The second-order valence-electron chi connectivity index (χ2n) is 5.43. The van der Waals surface area contributed by atoms with E-state index in [1.165, 1.54) is 0 Å². The van der Waals surface area contributed by atoms with Crippen LogP contribution < -0.4 is 5.73 Å². The smallest absolute Gasteiger partial charge is 0.239 e. The first-order valence-electron chi connectivity index (χ1n) is 6.68. The highest BCUT2D eigenvalue weighted by molar-refractivity contribution is 5.81. The molecule has 0 bridgehead atoms. The largest absolute Gasteiger partial charge is 0.341 e. The average Bonchev–Trinajstić information content (AvgIpc) is 2.25. The number of rotatable bonds is 9. The Labute approximate surface area is 112 Å². The molecule has 0 heterocycles. The van der Waals surface area contributed by atoms with Crippen LogP contribution in [0.2, 0.25) is 0 Å². The summed E-state index contributed by atoms with van der Waals surface area (Å²) in [5.74, 6) is 0.0625. The van der Waals surface area contributed by atoms with Crippen molar-refractivity contribution >= 4 is 5.91 Å². The molecule has 5 heteroatoms. The Morgan fingerprint density at radius 3 is 1.61 bits per heavy atom. The number of hydrogen-bond donors (Lipinski definition) is 1. The Kier molecular flexibility index (Phi) is 8.97. The van der Waals surface area contributed by atoms with Crippen LogP contribution in [-0.2, 0) is 4.79 Å². The molecule has 0 saturated heterocycles. The number of amides is 1. The first-order chi connectivity index (χ1) is 8.34. The minimum Gasteiger partial charge on any atom is -0.341 e. The second-order valence-corrected chi connectivity index (χ2v) is 5.43. The van der Waals surface area contributed by atoms with Gasteiger partial charge in [-0.05, 0) is 61.0 Å². The topological polar surface area (TPSA) is 52.8 Å². The predicted molar refractivity (Wildman–Crippen MR) is 76.6 cm³/mol. The lowest BCUT2D eigenvalue weighted by Crippen LogP contribution is -2.44. The summed E-state index contributed by atoms with van der Waals surface area (Å²) in [4.78, 5) is 18.1. The lowest BCUT2D eigenvalue weighted by Gasteiger charge is -2.25. The highest BCUT2D eigenvalue weighted by Gasteiger charge is 2.16. The molecule has 1 amide bonds. The summed E-state index contributed by atoms with van der Waals surface area (Å²) in [5, 5.41) is 0. The third-order valence-corrected chi connectivity index (χ3v) is 2.77. The molecule has 0 saturated carbocycles. The van der Waals surface area contributed by atoms with Gasteiger partial charge >= 0.3 is 0 Å². The van der Waals surface area contributed by atoms with Gasteiger partial charge in [0.15, 0.2) is 0 Å². The molecule has 2 N–H and O–H groups in total. The molecular weight excluding hydrogens is 228 g/mol. The van der Waals surface area contributed by atoms with Gasteiger partial charge < -0.3 is 20.4 Å². The van der Waals surface area contributed by atoms with Gasteiger partial charge in [-0.1, -0.05) is 0 Å². The summed E-state index contributed by atoms with van der Waals surface area (Å²) in [5.41, 5.74) is 5.69. The maximum Gasteiger partial charge on any atom is 0.239 e. The maximum atomic E-state index is 12.0. The van der Waals surface area contributed by atoms with Crippen molar-refractivity contribution in [2.45, 2.75) is 25.8 Å². The van der Waals surface area contributed by atoms with Gasteiger partial charge in [0.05, 0.1) is 6.04 Å². The van der Waals surface area contributed by atoms with Crippen LogP contribution in [-0.4, -0.2) is 81.0 Å². The van der Waals surface area contributed by atoms with Gasteiger partial charge in [-0.2, -0.15) is 0 Å². The van der Waals surface area contributed by atoms with Crippen LogP contribution >= 0.6 is 0 Å². The van der Waals surface area contributed by atoms with Gasteiger partial charge in [0.2, 0.25) is 5.91 Å². The minimum absolute atomic E-state index is 0.0625. The van der Waals surface area contributed by atoms with E-state index in [-0.39, 0.29) is 5.91 Å². The lowest BCUT2D eigenvalue weighted by molar-refractivity contribution is -0.132. The van der Waals surface area contributed by atoms with Crippen LogP contribution in [0.25, 0.3) is 0 Å². The quantitative estimate of drug-likeness (QED) is 0.636. The first-order valence-corrected chi connectivity index (χ1v) is 6.68. The molecule has 0 rings (SSSR count). The van der Waals surface area contributed by atoms with Crippen molar-refractivity contribution in [3.8, 4) is 0 Å². The molecule has 0 spiro atoms. The summed E-state index contributed by atoms with van der Waals surface area (Å²) in [6, 6.07) is -0.399. The highest BCUT2D eigenvalue weighted by atomic mass is 16.2. The van der Waals surface area contributed by atoms with Crippen LogP contribution in [0.3, 0.4) is 0 Å². The fourth-order valence-corrected chi connectivity index (χ4v) is 1.78. The summed E-state index contributed by atoms with van der Waals surface area (Å²) < 4.78 is 0. The van der Waals surface area contributed by atoms with Crippen molar-refractivity contribution in [3.63, 3.8) is 0 Å². The lowest BCUT2D eigenvalue weighted by atomic mass is 10.2. The van der Waals surface area contributed by atoms with Crippen LogP contribution in [0.1, 0.15) is 19.8 Å². The van der Waals surface area contributed by atoms with Gasteiger partial charge in [0.25, 0.3) is 0 Å². The highest BCUT2D eigenvalue weighted by Crippen LogP contribution is 1.99. The molecule has 1 atom stereocenters. The molecule has 0 aliphatic carbocycles. The summed E-state index contributed by atoms with van der Waals surface area (Å²) >= 11 is 0. The van der Waals surface area contributed by atoms with Crippen molar-refractivity contribution in [1.82, 2.24) is 14.7 Å². The third-order valence-electron chi connectivity index (χ3n) is 2.77. The van der Waals surface area contributed by atoms with Crippen molar-refractivity contribution < 1.29 is 4.79 Å². The van der Waals surface area contributed by atoms with Crippen LogP contribution in [0.15, 0.2) is 0 Å². The monoisotopic (exact) mass is 258 g/mol. The third kappa shape index (κ3) is 8.44. The van der Waals surface area contributed by atoms with Crippen LogP contribution in [0.5, 0.6) is 0 Å². The van der Waals surface area contributed by atoms with E-state index in [1.54, 1.807) is 6.92 Å². The van der Waals surface area contributed by atoms with Crippen molar-refractivity contribution in [2.24, 2.45) is 5.73 Å². The molecule has 18 heavy (non-hydrogen) atoms. The summed E-state index contributed by atoms with van der Waals surface area (Å²) in [6.45, 7) is 5.35. The second kappa shape index (κ2) is 9.30. The standard InChI is InChI=1S/C13H30N4O/c1-12(14)13(18)17(10-6-8-15(2)3)11-7-9-16(4)5/h12H,6-11,14H2,1-5H3/t12-/m1/s1. The molecule has 0 aliphatic rings. The SMILES string of the molecule is C[C@@H](N)C(=O)N(CCCN(C)C)CCCN(C)C. The number of hydrogen-bond acceptors (Lipinski definition) is 4. The van der Waals surface area contributed by atoms with E-state index in [4.69, 9.17) is 5.73 Å². The number of nitrogens with zero attached hydrogens (tertiary/aromatic N) is 3. The van der Waals surface area contributed by atoms with Crippen LogP contribution in [0.4, 0.5) is 0 Å². The normalized spacial score (nSPS) is 13.1. The molecule has 0 aromatic rings. The average molecular weight is 258 g/mol. The molecule has 0 aliphatic heterocycles. The van der Waals surface area contributed by atoms with Crippen molar-refractivity contribution in [3.05, 3.63) is 0 Å². The van der Waals surface area contributed by atoms with Crippen molar-refractivity contribution in [1.29, 1.82) is 0 Å². The van der Waals surface area contributed by atoms with E-state index >= 15 is 0 Å². The Hall–Kier alpha value is -0.650. The molecule has 0 radical (unpaired) electrons. The summed E-state index contributed by atoms with van der Waals surface area (Å²) in [7, 11) is 8.18. The van der Waals surface area contributed by atoms with Gasteiger partial charge in [-0.25, -0.2) is 0 Å². The molecule has 0 aromatic heterocycles. The Balaban J connectivity index is 4.12. The minimum atomic E-state index is -0.399. The van der Waals surface area contributed by atoms with Crippen molar-refractivity contribution in [2.75, 3.05) is 54.4 Å². The molecule has 0 aromatic carbocycles. The van der Waals surface area contributed by atoms with Crippen LogP contribution in [0, 0.1) is 0 Å². The Morgan fingerprint density at radius 2 is 1.33 bits per heavy atom. The van der Waals surface area contributed by atoms with E-state index < -0.39 is 6.04 Å². The molecular formula is C13H30N4O. The van der Waals surface area contributed by atoms with Gasteiger partial charge in [-0.15, -0.1) is 0 Å². The Bertz CT molecular complexity index is 215. The zero-order chi connectivity index (χ0) is 14.1. The molecule has 108 valence electrons. The molecule has 0 unspecified atom stereocenters. The fraction of sp³-hybridized carbons (Fsp3) is 0.923. The number of carbonyl (C=O) groups excluding carboxylic acids is 1. The zero-order valence-electron chi connectivity index (χ0n) is 12.6. The summed E-state index contributed by atoms with van der Waals surface area (Å²) in [6.07, 6.45) is 1.99. The van der Waals surface area contributed by atoms with Gasteiger partial charge in [0.1, 0.15) is 0 Å². The molecule has 0 fully saturated rings. The fourth-order valence-electron chi connectivity index (χ4n) is 1.78. The molecule has 5 nitrogen and oxygen atoms in total. The van der Waals surface area contributed by atoms with E-state index in [0.717, 1.165) is 39.0 Å². The van der Waals surface area contributed by atoms with E-state index in [1.807, 2.05) is 33.1 Å². The number of nitrogens with two attached hydrogens (primary N) is 1. The van der Waals surface area contributed by atoms with Gasteiger partial charge in [0, 0.05) is 13.1 Å². The zero-order valence-corrected chi connectivity index (χ0v) is 12.6. The Morgan fingerprint density at radius 1 is 0.944 bits per heavy atom. The number of carbonyl (C=O) groups is 1. The van der Waals surface area contributed by atoms with E-state index in [2.05, 4.69) is 9.80 Å². The predicted octanol–water partition coefficient (Wildman–Crippen LogP) is 0.0656. The maximum absolute atomic E-state index is 12.0. The van der Waals surface area contributed by atoms with Gasteiger partial charge in [-0.3, -0.25) is 4.79 Å². The van der Waals surface area contributed by atoms with E-state index in [0.29, 0.717) is 0 Å².